The SMILES string of the molecule is C=C(C)[C@@](O)(/C=C\C(C)(C)O)[C@@H](C)O[Si](C)(C)C(C)(C)C. The molecule has 0 radical (unpaired) electrons. The Labute approximate surface area is 131 Å². The van der Waals surface area contributed by atoms with Crippen LogP contribution in [0.15, 0.2) is 24.3 Å². The van der Waals surface area contributed by atoms with Gasteiger partial charge in [0, 0.05) is 0 Å². The fourth-order valence-electron chi connectivity index (χ4n) is 1.66. The van der Waals surface area contributed by atoms with E-state index in [4.69, 9.17) is 4.43 Å². The van der Waals surface area contributed by atoms with Crippen molar-refractivity contribution in [2.75, 3.05) is 0 Å². The summed E-state index contributed by atoms with van der Waals surface area (Å²) in [7, 11) is -2.00. The smallest absolute Gasteiger partial charge is 0.192 e. The number of hydrogen-bond donors (Lipinski definition) is 2. The number of hydrogen-bond acceptors (Lipinski definition) is 3. The normalized spacial score (nSPS) is 18.6. The molecule has 2 N–H and O–H groups in total. The van der Waals surface area contributed by atoms with Crippen LogP contribution < -0.4 is 0 Å². The van der Waals surface area contributed by atoms with E-state index >= 15 is 0 Å². The molecule has 0 amide bonds. The highest BCUT2D eigenvalue weighted by Gasteiger charge is 2.43. The van der Waals surface area contributed by atoms with Gasteiger partial charge in [-0.15, -0.1) is 0 Å². The Balaban J connectivity index is 5.42. The van der Waals surface area contributed by atoms with Crippen LogP contribution in [0.1, 0.15) is 48.5 Å². The van der Waals surface area contributed by atoms with E-state index in [-0.39, 0.29) is 5.04 Å². The molecule has 0 fully saturated rings. The molecule has 0 unspecified atom stereocenters. The van der Waals surface area contributed by atoms with Gasteiger partial charge in [-0.05, 0) is 57.5 Å². The highest BCUT2D eigenvalue weighted by atomic mass is 28.4. The highest BCUT2D eigenvalue weighted by molar-refractivity contribution is 6.74. The second kappa shape index (κ2) is 6.37. The van der Waals surface area contributed by atoms with Crippen LogP contribution in [0.25, 0.3) is 0 Å². The van der Waals surface area contributed by atoms with E-state index in [0.29, 0.717) is 5.57 Å². The molecule has 124 valence electrons. The summed E-state index contributed by atoms with van der Waals surface area (Å²) in [5.41, 5.74) is -1.66. The van der Waals surface area contributed by atoms with Gasteiger partial charge in [0.15, 0.2) is 8.32 Å². The Bertz CT molecular complexity index is 399. The molecule has 4 heteroatoms. The zero-order chi connectivity index (χ0) is 17.3. The molecule has 0 aliphatic rings. The predicted octanol–water partition coefficient (Wildman–Crippen LogP) is 4.03. The Hall–Kier alpha value is -0.423. The van der Waals surface area contributed by atoms with E-state index in [9.17, 15) is 10.2 Å². The standard InChI is InChI=1S/C17H34O3Si/c1-13(2)17(19,12-11-16(7,8)18)14(3)20-21(9,10)15(4,5)6/h11-12,14,18-19H,1H2,2-10H3/b12-11-/t14-,17+/m1/s1. The van der Waals surface area contributed by atoms with E-state index in [1.54, 1.807) is 32.9 Å². The van der Waals surface area contributed by atoms with Crippen LogP contribution in [0.4, 0.5) is 0 Å². The van der Waals surface area contributed by atoms with Gasteiger partial charge in [0.1, 0.15) is 5.60 Å². The number of rotatable bonds is 6. The lowest BCUT2D eigenvalue weighted by atomic mass is 9.88. The molecule has 0 saturated heterocycles. The average molecular weight is 315 g/mol. The van der Waals surface area contributed by atoms with Crippen molar-refractivity contribution in [3.63, 3.8) is 0 Å². The van der Waals surface area contributed by atoms with Gasteiger partial charge in [0.05, 0.1) is 11.7 Å². The van der Waals surface area contributed by atoms with Crippen LogP contribution in [0, 0.1) is 0 Å². The maximum Gasteiger partial charge on any atom is 0.192 e. The van der Waals surface area contributed by atoms with Crippen LogP contribution in [-0.4, -0.2) is 35.8 Å². The predicted molar refractivity (Wildman–Crippen MR) is 92.9 cm³/mol. The van der Waals surface area contributed by atoms with Gasteiger partial charge < -0.3 is 14.6 Å². The monoisotopic (exact) mass is 314 g/mol. The zero-order valence-corrected chi connectivity index (χ0v) is 16.2. The molecule has 2 atom stereocenters. The summed E-state index contributed by atoms with van der Waals surface area (Å²) < 4.78 is 6.29. The second-order valence-electron chi connectivity index (χ2n) is 8.11. The van der Waals surface area contributed by atoms with E-state index in [2.05, 4.69) is 40.4 Å². The molecule has 3 nitrogen and oxygen atoms in total. The van der Waals surface area contributed by atoms with Gasteiger partial charge >= 0.3 is 0 Å². The Morgan fingerprint density at radius 3 is 1.81 bits per heavy atom. The van der Waals surface area contributed by atoms with Crippen molar-refractivity contribution in [2.45, 2.75) is 83.9 Å². The minimum Gasteiger partial charge on any atom is -0.411 e. The van der Waals surface area contributed by atoms with Crippen molar-refractivity contribution in [3.8, 4) is 0 Å². The third kappa shape index (κ3) is 5.70. The van der Waals surface area contributed by atoms with E-state index in [1.165, 1.54) is 0 Å². The molecular weight excluding hydrogens is 280 g/mol. The maximum atomic E-state index is 10.9. The van der Waals surface area contributed by atoms with Gasteiger partial charge in [-0.25, -0.2) is 0 Å². The molecule has 0 aliphatic carbocycles. The summed E-state index contributed by atoms with van der Waals surface area (Å²) in [4.78, 5) is 0. The first-order valence-corrected chi connectivity index (χ1v) is 10.4. The fraction of sp³-hybridized carbons (Fsp3) is 0.765. The molecule has 0 aromatic rings. The van der Waals surface area contributed by atoms with Crippen LogP contribution in [0.2, 0.25) is 18.1 Å². The Morgan fingerprint density at radius 1 is 1.10 bits per heavy atom. The molecule has 0 heterocycles. The molecular formula is C17H34O3Si. The summed E-state index contributed by atoms with van der Waals surface area (Å²) in [6, 6.07) is 0. The quantitative estimate of drug-likeness (QED) is 0.575. The van der Waals surface area contributed by atoms with Crippen molar-refractivity contribution in [1.82, 2.24) is 0 Å². The van der Waals surface area contributed by atoms with E-state index in [1.807, 2.05) is 6.92 Å². The molecule has 21 heavy (non-hydrogen) atoms. The molecule has 0 rings (SSSR count). The number of aliphatic hydroxyl groups is 2. The lowest BCUT2D eigenvalue weighted by molar-refractivity contribution is 0.00386. The molecule has 0 aromatic heterocycles. The van der Waals surface area contributed by atoms with Crippen LogP contribution >= 0.6 is 0 Å². The molecule has 0 spiro atoms. The van der Waals surface area contributed by atoms with Gasteiger partial charge in [-0.2, -0.15) is 0 Å². The van der Waals surface area contributed by atoms with Crippen LogP contribution in [0.5, 0.6) is 0 Å². The summed E-state index contributed by atoms with van der Waals surface area (Å²) in [6.07, 6.45) is 2.77. The van der Waals surface area contributed by atoms with Crippen LogP contribution in [-0.2, 0) is 4.43 Å². The topological polar surface area (TPSA) is 49.7 Å². The maximum absolute atomic E-state index is 10.9. The summed E-state index contributed by atoms with van der Waals surface area (Å²) in [6.45, 7) is 21.7. The highest BCUT2D eigenvalue weighted by Crippen LogP contribution is 2.39. The van der Waals surface area contributed by atoms with Crippen molar-refractivity contribution in [1.29, 1.82) is 0 Å². The van der Waals surface area contributed by atoms with Crippen LogP contribution in [0.3, 0.4) is 0 Å². The lowest BCUT2D eigenvalue weighted by Crippen LogP contribution is -2.51. The van der Waals surface area contributed by atoms with Crippen molar-refractivity contribution >= 4 is 8.32 Å². The van der Waals surface area contributed by atoms with Crippen molar-refractivity contribution in [2.24, 2.45) is 0 Å². The fourth-order valence-corrected chi connectivity index (χ4v) is 3.08. The molecule has 0 aromatic carbocycles. The summed E-state index contributed by atoms with van der Waals surface area (Å²) >= 11 is 0. The molecule has 0 saturated carbocycles. The Morgan fingerprint density at radius 2 is 1.52 bits per heavy atom. The van der Waals surface area contributed by atoms with E-state index < -0.39 is 25.6 Å². The first-order chi connectivity index (χ1) is 9.03. The van der Waals surface area contributed by atoms with Crippen molar-refractivity contribution in [3.05, 3.63) is 24.3 Å². The lowest BCUT2D eigenvalue weighted by Gasteiger charge is -2.43. The first-order valence-electron chi connectivity index (χ1n) is 7.52. The first kappa shape index (κ1) is 20.6. The molecule has 0 aliphatic heterocycles. The third-order valence-electron chi connectivity index (χ3n) is 4.33. The average Bonchev–Trinajstić information content (AvgIpc) is 2.22. The van der Waals surface area contributed by atoms with Gasteiger partial charge in [0.2, 0.25) is 0 Å². The minimum atomic E-state index is -2.00. The summed E-state index contributed by atoms with van der Waals surface area (Å²) in [5.74, 6) is 0. The van der Waals surface area contributed by atoms with Gasteiger partial charge in [-0.1, -0.05) is 33.4 Å². The second-order valence-corrected chi connectivity index (χ2v) is 12.9. The van der Waals surface area contributed by atoms with Gasteiger partial charge in [0.25, 0.3) is 0 Å². The minimum absolute atomic E-state index is 0.0667. The Kier molecular flexibility index (Phi) is 6.24. The third-order valence-corrected chi connectivity index (χ3v) is 8.88. The largest absolute Gasteiger partial charge is 0.411 e. The van der Waals surface area contributed by atoms with Gasteiger partial charge in [-0.3, -0.25) is 0 Å². The zero-order valence-electron chi connectivity index (χ0n) is 15.2. The molecule has 0 bridgehead atoms. The summed E-state index contributed by atoms with van der Waals surface area (Å²) in [5, 5.41) is 20.9. The van der Waals surface area contributed by atoms with E-state index in [0.717, 1.165) is 0 Å². The van der Waals surface area contributed by atoms with Crippen molar-refractivity contribution < 1.29 is 14.6 Å².